The second-order valence-electron chi connectivity index (χ2n) is 4.40. The van der Waals surface area contributed by atoms with Crippen LogP contribution in [0.4, 0.5) is 0 Å². The number of unbranched alkanes of at least 4 members (excludes halogenated alkanes) is 1. The van der Waals surface area contributed by atoms with Crippen molar-refractivity contribution in [2.75, 3.05) is 20.3 Å². The van der Waals surface area contributed by atoms with E-state index >= 15 is 0 Å². The van der Waals surface area contributed by atoms with Gasteiger partial charge >= 0.3 is 0 Å². The van der Waals surface area contributed by atoms with Crippen LogP contribution in [0.5, 0.6) is 11.5 Å². The highest BCUT2D eigenvalue weighted by Gasteiger charge is 2.05. The van der Waals surface area contributed by atoms with Crippen molar-refractivity contribution in [3.05, 3.63) is 23.8 Å². The number of benzene rings is 1. The third-order valence-corrected chi connectivity index (χ3v) is 2.80. The summed E-state index contributed by atoms with van der Waals surface area (Å²) in [4.78, 5) is 4.31. The van der Waals surface area contributed by atoms with Gasteiger partial charge in [0.2, 0.25) is 0 Å². The highest BCUT2D eigenvalue weighted by atomic mass is 127. The van der Waals surface area contributed by atoms with Crippen molar-refractivity contribution in [1.29, 1.82) is 0 Å². The normalized spacial score (nSPS) is 10.7. The van der Waals surface area contributed by atoms with Crippen LogP contribution in [0, 0.1) is 0 Å². The number of hydrogen-bond acceptors (Lipinski definition) is 3. The van der Waals surface area contributed by atoms with Gasteiger partial charge in [0.1, 0.15) is 0 Å². The van der Waals surface area contributed by atoms with Crippen molar-refractivity contribution in [1.82, 2.24) is 5.32 Å². The Balaban J connectivity index is 0.00000400. The van der Waals surface area contributed by atoms with Crippen LogP contribution < -0.4 is 20.5 Å². The van der Waals surface area contributed by atoms with Crippen LogP contribution in [0.15, 0.2) is 23.2 Å². The summed E-state index contributed by atoms with van der Waals surface area (Å²) in [5.41, 5.74) is 6.83. The van der Waals surface area contributed by atoms with E-state index in [1.807, 2.05) is 25.1 Å². The Morgan fingerprint density at radius 3 is 2.67 bits per heavy atom. The van der Waals surface area contributed by atoms with Crippen molar-refractivity contribution >= 4 is 29.9 Å². The first-order valence-corrected chi connectivity index (χ1v) is 7.04. The number of aliphatic imine (C=N–C) groups is 1. The largest absolute Gasteiger partial charge is 0.493 e. The predicted octanol–water partition coefficient (Wildman–Crippen LogP) is 2.92. The fourth-order valence-corrected chi connectivity index (χ4v) is 1.71. The standard InChI is InChI=1S/C15H25N3O2.HI/c1-4-6-9-17-15(16)18-11-12-7-8-13(19-3)14(10-12)20-5-2;/h7-8,10H,4-6,9,11H2,1-3H3,(H3,16,17,18);1H. The van der Waals surface area contributed by atoms with Crippen LogP contribution in [0.25, 0.3) is 0 Å². The Labute approximate surface area is 144 Å². The Morgan fingerprint density at radius 1 is 1.29 bits per heavy atom. The summed E-state index contributed by atoms with van der Waals surface area (Å²) < 4.78 is 10.8. The number of ether oxygens (including phenoxy) is 2. The Morgan fingerprint density at radius 2 is 2.05 bits per heavy atom. The first-order chi connectivity index (χ1) is 9.71. The average Bonchev–Trinajstić information content (AvgIpc) is 2.46. The maximum atomic E-state index is 5.80. The average molecular weight is 407 g/mol. The van der Waals surface area contributed by atoms with E-state index < -0.39 is 0 Å². The predicted molar refractivity (Wildman–Crippen MR) is 97.8 cm³/mol. The molecule has 0 amide bonds. The van der Waals surface area contributed by atoms with Crippen LogP contribution in [0.1, 0.15) is 32.3 Å². The van der Waals surface area contributed by atoms with E-state index in [9.17, 15) is 0 Å². The zero-order chi connectivity index (χ0) is 14.8. The lowest BCUT2D eigenvalue weighted by Gasteiger charge is -2.10. The molecule has 21 heavy (non-hydrogen) atoms. The molecule has 0 unspecified atom stereocenters. The Kier molecular flexibility index (Phi) is 10.8. The molecule has 6 heteroatoms. The second kappa shape index (κ2) is 11.5. The highest BCUT2D eigenvalue weighted by Crippen LogP contribution is 2.28. The minimum absolute atomic E-state index is 0. The first-order valence-electron chi connectivity index (χ1n) is 7.04. The monoisotopic (exact) mass is 407 g/mol. The molecule has 1 aromatic rings. The van der Waals surface area contributed by atoms with E-state index in [2.05, 4.69) is 17.2 Å². The van der Waals surface area contributed by atoms with E-state index in [1.54, 1.807) is 7.11 Å². The van der Waals surface area contributed by atoms with Gasteiger partial charge in [-0.15, -0.1) is 24.0 Å². The summed E-state index contributed by atoms with van der Waals surface area (Å²) in [6, 6.07) is 5.78. The molecule has 0 atom stereocenters. The summed E-state index contributed by atoms with van der Waals surface area (Å²) in [6.45, 7) is 6.07. The van der Waals surface area contributed by atoms with Gasteiger partial charge < -0.3 is 20.5 Å². The van der Waals surface area contributed by atoms with Gasteiger partial charge in [-0.25, -0.2) is 4.99 Å². The minimum Gasteiger partial charge on any atom is -0.493 e. The molecule has 0 saturated heterocycles. The number of nitrogens with one attached hydrogen (secondary N) is 1. The molecule has 0 aliphatic heterocycles. The molecule has 0 fully saturated rings. The molecule has 0 saturated carbocycles. The summed E-state index contributed by atoms with van der Waals surface area (Å²) >= 11 is 0. The Bertz CT molecular complexity index is 439. The van der Waals surface area contributed by atoms with Gasteiger partial charge in [-0.05, 0) is 31.0 Å². The minimum atomic E-state index is 0. The number of nitrogens with two attached hydrogens (primary N) is 1. The van der Waals surface area contributed by atoms with Crippen molar-refractivity contribution in [2.24, 2.45) is 10.7 Å². The van der Waals surface area contributed by atoms with E-state index in [-0.39, 0.29) is 24.0 Å². The molecule has 5 nitrogen and oxygen atoms in total. The van der Waals surface area contributed by atoms with Gasteiger partial charge in [-0.1, -0.05) is 19.4 Å². The SMILES string of the molecule is CCCCNC(N)=NCc1ccc(OC)c(OCC)c1.I. The van der Waals surface area contributed by atoms with Crippen LogP contribution >= 0.6 is 24.0 Å². The van der Waals surface area contributed by atoms with Crippen LogP contribution in [0.2, 0.25) is 0 Å². The molecular formula is C15H26IN3O2. The first kappa shape index (κ1) is 19.8. The van der Waals surface area contributed by atoms with E-state index in [0.717, 1.165) is 36.4 Å². The number of rotatable bonds is 8. The van der Waals surface area contributed by atoms with Crippen molar-refractivity contribution in [3.8, 4) is 11.5 Å². The molecule has 0 heterocycles. The van der Waals surface area contributed by atoms with Gasteiger partial charge in [-0.3, -0.25) is 0 Å². The summed E-state index contributed by atoms with van der Waals surface area (Å²) in [5, 5.41) is 3.09. The molecule has 3 N–H and O–H groups in total. The summed E-state index contributed by atoms with van der Waals surface area (Å²) in [6.07, 6.45) is 2.23. The third-order valence-electron chi connectivity index (χ3n) is 2.80. The molecule has 0 aliphatic carbocycles. The van der Waals surface area contributed by atoms with Gasteiger partial charge in [0.05, 0.1) is 20.3 Å². The maximum Gasteiger partial charge on any atom is 0.188 e. The summed E-state index contributed by atoms with van der Waals surface area (Å²) in [7, 11) is 1.63. The molecule has 0 bridgehead atoms. The Hall–Kier alpha value is -1.18. The topological polar surface area (TPSA) is 68.9 Å². The summed E-state index contributed by atoms with van der Waals surface area (Å²) in [5.74, 6) is 1.95. The highest BCUT2D eigenvalue weighted by molar-refractivity contribution is 14.0. The lowest BCUT2D eigenvalue weighted by molar-refractivity contribution is 0.310. The molecular weight excluding hydrogens is 381 g/mol. The van der Waals surface area contributed by atoms with Gasteiger partial charge in [-0.2, -0.15) is 0 Å². The molecule has 120 valence electrons. The quantitative estimate of drug-likeness (QED) is 0.301. The van der Waals surface area contributed by atoms with Crippen LogP contribution in [0.3, 0.4) is 0 Å². The third kappa shape index (κ3) is 7.40. The van der Waals surface area contributed by atoms with E-state index in [1.165, 1.54) is 0 Å². The second-order valence-corrected chi connectivity index (χ2v) is 4.40. The van der Waals surface area contributed by atoms with Gasteiger partial charge in [0, 0.05) is 6.54 Å². The van der Waals surface area contributed by atoms with Gasteiger partial charge in [0.25, 0.3) is 0 Å². The van der Waals surface area contributed by atoms with Gasteiger partial charge in [0.15, 0.2) is 17.5 Å². The van der Waals surface area contributed by atoms with E-state index in [0.29, 0.717) is 19.1 Å². The zero-order valence-electron chi connectivity index (χ0n) is 13.0. The number of guanidine groups is 1. The van der Waals surface area contributed by atoms with Crippen molar-refractivity contribution in [3.63, 3.8) is 0 Å². The fourth-order valence-electron chi connectivity index (χ4n) is 1.71. The van der Waals surface area contributed by atoms with Crippen molar-refractivity contribution < 1.29 is 9.47 Å². The fraction of sp³-hybridized carbons (Fsp3) is 0.533. The molecule has 1 rings (SSSR count). The lowest BCUT2D eigenvalue weighted by atomic mass is 10.2. The van der Waals surface area contributed by atoms with Crippen LogP contribution in [-0.2, 0) is 6.54 Å². The number of methoxy groups -OCH3 is 1. The van der Waals surface area contributed by atoms with E-state index in [4.69, 9.17) is 15.2 Å². The van der Waals surface area contributed by atoms with Crippen LogP contribution in [-0.4, -0.2) is 26.2 Å². The zero-order valence-corrected chi connectivity index (χ0v) is 15.3. The molecule has 0 aromatic heterocycles. The molecule has 0 spiro atoms. The maximum absolute atomic E-state index is 5.80. The molecule has 0 aliphatic rings. The number of hydrogen-bond donors (Lipinski definition) is 2. The number of nitrogens with zero attached hydrogens (tertiary/aromatic N) is 1. The molecule has 1 aromatic carbocycles. The number of halogens is 1. The molecule has 0 radical (unpaired) electrons. The lowest BCUT2D eigenvalue weighted by Crippen LogP contribution is -2.32. The van der Waals surface area contributed by atoms with Crippen molar-refractivity contribution in [2.45, 2.75) is 33.2 Å². The smallest absolute Gasteiger partial charge is 0.188 e.